The molecule has 0 saturated carbocycles. The van der Waals surface area contributed by atoms with Crippen LogP contribution < -0.4 is 30.0 Å². The maximum atomic E-state index is 11.7. The third kappa shape index (κ3) is 40.8. The zero-order valence-corrected chi connectivity index (χ0v) is 66.7. The van der Waals surface area contributed by atoms with Gasteiger partial charge in [0.2, 0.25) is 0 Å². The van der Waals surface area contributed by atoms with Gasteiger partial charge in [0.05, 0.1) is 31.9 Å². The maximum Gasteiger partial charge on any atom is 0.264 e. The predicted octanol–water partition coefficient (Wildman–Crippen LogP) is 18.4. The number of anilines is 2. The molecule has 570 valence electrons. The first-order valence-corrected chi connectivity index (χ1v) is 39.8. The lowest BCUT2D eigenvalue weighted by Gasteiger charge is -2.10. The lowest BCUT2D eigenvalue weighted by Crippen LogP contribution is -2.04. The number of nitrogens with two attached hydrogens (primary N) is 1. The number of aromatic nitrogens is 4. The molecule has 0 radical (unpaired) electrons. The van der Waals surface area contributed by atoms with E-state index in [-0.39, 0.29) is 17.6 Å². The third-order valence-corrected chi connectivity index (χ3v) is 17.9. The molecular formula is C88H73Cl2N8O10S5-. The van der Waals surface area contributed by atoms with E-state index in [9.17, 15) is 28.6 Å². The summed E-state index contributed by atoms with van der Waals surface area (Å²) >= 11 is 17.5. The molecule has 0 spiro atoms. The summed E-state index contributed by atoms with van der Waals surface area (Å²) in [6.07, 6.45) is 20.0. The molecule has 2 aromatic heterocycles. The van der Waals surface area contributed by atoms with Gasteiger partial charge in [0, 0.05) is 41.9 Å². The van der Waals surface area contributed by atoms with Crippen LogP contribution in [-0.2, 0) is 36.3 Å². The van der Waals surface area contributed by atoms with Crippen molar-refractivity contribution in [1.82, 2.24) is 19.9 Å². The highest BCUT2D eigenvalue weighted by atomic mass is 35.5. The smallest absolute Gasteiger partial charge is 0.264 e. The zero-order chi connectivity index (χ0) is 81.4. The summed E-state index contributed by atoms with van der Waals surface area (Å²) in [6.45, 7) is 6.97. The Kier molecular flexibility index (Phi) is 46.8. The Morgan fingerprint density at radius 2 is 0.885 bits per heavy atom. The number of sulfone groups is 1. The highest BCUT2D eigenvalue weighted by Gasteiger charge is 2.17. The van der Waals surface area contributed by atoms with Gasteiger partial charge in [-0.15, -0.1) is 65.8 Å². The summed E-state index contributed by atoms with van der Waals surface area (Å²) in [7, 11) is -3.54. The minimum Gasteiger partial charge on any atom is -0.489 e. The number of fused-ring (bicyclic) bond motifs is 2. The number of hydrogen-bond donors (Lipinski definition) is 2. The second-order valence-corrected chi connectivity index (χ2v) is 27.1. The summed E-state index contributed by atoms with van der Waals surface area (Å²) in [4.78, 5) is 36.4. The van der Waals surface area contributed by atoms with Crippen molar-refractivity contribution in [2.75, 3.05) is 42.3 Å². The van der Waals surface area contributed by atoms with Gasteiger partial charge in [-0.1, -0.05) is 170 Å². The van der Waals surface area contributed by atoms with Gasteiger partial charge in [0.1, 0.15) is 63.7 Å². The van der Waals surface area contributed by atoms with E-state index < -0.39 is 19.7 Å². The van der Waals surface area contributed by atoms with E-state index in [1.165, 1.54) is 47.0 Å². The summed E-state index contributed by atoms with van der Waals surface area (Å²) in [5.41, 5.74) is 14.0. The lowest BCUT2D eigenvalue weighted by atomic mass is 10.2. The van der Waals surface area contributed by atoms with Crippen LogP contribution in [0.2, 0.25) is 10.3 Å². The van der Waals surface area contributed by atoms with Crippen LogP contribution in [0, 0.1) is 147 Å². The van der Waals surface area contributed by atoms with Crippen LogP contribution in [0.5, 0.6) is 23.0 Å². The van der Waals surface area contributed by atoms with Crippen molar-refractivity contribution < 1.29 is 37.2 Å². The van der Waals surface area contributed by atoms with Crippen LogP contribution in [0.25, 0.3) is 22.1 Å². The molecule has 0 aliphatic rings. The molecular weight excluding hydrogens is 1560 g/mol. The molecule has 2 heterocycles. The van der Waals surface area contributed by atoms with E-state index >= 15 is 0 Å². The molecule has 0 bridgehead atoms. The first kappa shape index (κ1) is 94.1. The standard InChI is InChI=1S/C16H13ClN2O3S.C16H13ClN2OS.C16H16N2O3S.C13H13NO.C11H4.C11H3.C4H7NO2S2.CH4/c1-23(20,21)16-15(17)18-13-8-7-12(9-14(13)19-16)22-10-11-5-3-2-4-6-11;1-21-16-15(17)18-13-8-7-12(9-14(13)19-16)20-10-11-5-3-2-4-6-11;1-22-16(11-18(19)20)17-14-8-5-9-15(10-14)21-12-13-6-3-2-4-7-13;14-12-7-4-8-13(9-12)15-10-11-5-2-1-3-6-11;2*1-3-5-7-9-11-10-8-6-4-2;1-8-4(9-2)3-5(6)7;/h2-9H,10H2,1H3;2-9H,10H2,1H3;2-11,17H,12H2,1H3;1-9H,10,14H2;1H,2H3;1H,2H2;3H,1-2H3;1H4/q;;;;;-1;;/b;;16-11-;;;;;. The second kappa shape index (κ2) is 56.2. The molecule has 0 unspecified atom stereocenters. The molecule has 0 aliphatic heterocycles. The fraction of sp³-hybridized carbons (Fsp3) is 0.125. The Labute approximate surface area is 688 Å². The minimum atomic E-state index is -3.54. The highest BCUT2D eigenvalue weighted by Crippen LogP contribution is 2.29. The van der Waals surface area contributed by atoms with Crippen molar-refractivity contribution in [1.29, 1.82) is 0 Å². The number of nitrogens with one attached hydrogen (secondary N) is 1. The fourth-order valence-corrected chi connectivity index (χ4v) is 11.3. The highest BCUT2D eigenvalue weighted by molar-refractivity contribution is 8.21. The number of nitro groups is 2. The molecule has 0 fully saturated rings. The quantitative estimate of drug-likeness (QED) is 0.0169. The first-order chi connectivity index (χ1) is 54.2. The summed E-state index contributed by atoms with van der Waals surface area (Å²) in [5.74, 6) is 46.2. The molecule has 10 aromatic rings. The van der Waals surface area contributed by atoms with Crippen molar-refractivity contribution in [3.8, 4) is 142 Å². The molecule has 18 nitrogen and oxygen atoms in total. The van der Waals surface area contributed by atoms with Gasteiger partial charge in [0.15, 0.2) is 25.2 Å². The zero-order valence-electron chi connectivity index (χ0n) is 61.1. The number of halogens is 2. The summed E-state index contributed by atoms with van der Waals surface area (Å²) < 4.78 is 46.9. The average Bonchev–Trinajstić information content (AvgIpc) is 0.794. The number of hydrogen-bond acceptors (Lipinski definition) is 20. The Morgan fingerprint density at radius 3 is 1.26 bits per heavy atom. The van der Waals surface area contributed by atoms with E-state index in [1.54, 1.807) is 31.4 Å². The number of terminal acetylenes is 2. The predicted molar refractivity (Wildman–Crippen MR) is 466 cm³/mol. The Hall–Kier alpha value is -13.1. The van der Waals surface area contributed by atoms with Crippen molar-refractivity contribution in [2.45, 2.75) is 50.8 Å². The second-order valence-electron chi connectivity index (χ2n) is 20.8. The topological polar surface area (TPSA) is 247 Å². The van der Waals surface area contributed by atoms with Gasteiger partial charge in [-0.2, -0.15) is 6.92 Å². The normalized spacial score (nSPS) is 9.20. The van der Waals surface area contributed by atoms with Crippen molar-refractivity contribution >= 4 is 114 Å². The number of thioether (sulfide) groups is 4. The Bertz CT molecular complexity index is 5510. The Balaban J connectivity index is 0.000000350. The molecule has 0 saturated heterocycles. The molecule has 0 amide bonds. The van der Waals surface area contributed by atoms with Gasteiger partial charge in [0.25, 0.3) is 12.4 Å². The number of nitrogen functional groups attached to an aromatic ring is 1. The lowest BCUT2D eigenvalue weighted by molar-refractivity contribution is -0.402. The van der Waals surface area contributed by atoms with E-state index in [1.807, 2.05) is 207 Å². The van der Waals surface area contributed by atoms with E-state index in [4.69, 9.17) is 60.7 Å². The number of ether oxygens (including phenoxy) is 4. The molecule has 3 N–H and O–H groups in total. The summed E-state index contributed by atoms with van der Waals surface area (Å²) in [5, 5.41) is 24.6. The fourth-order valence-electron chi connectivity index (χ4n) is 7.91. The van der Waals surface area contributed by atoms with E-state index in [0.29, 0.717) is 59.1 Å². The van der Waals surface area contributed by atoms with E-state index in [0.717, 1.165) is 84.1 Å². The monoisotopic (exact) mass is 1630 g/mol. The van der Waals surface area contributed by atoms with E-state index in [2.05, 4.69) is 139 Å². The van der Waals surface area contributed by atoms with Gasteiger partial charge in [-0.3, -0.25) is 26.1 Å². The molecule has 8 aromatic carbocycles. The molecule has 0 aliphatic carbocycles. The molecule has 0 atom stereocenters. The van der Waals surface area contributed by atoms with Crippen molar-refractivity contribution in [3.05, 3.63) is 288 Å². The van der Waals surface area contributed by atoms with Crippen LogP contribution >= 0.6 is 70.2 Å². The largest absolute Gasteiger partial charge is 0.489 e. The number of benzene rings is 8. The summed E-state index contributed by atoms with van der Waals surface area (Å²) in [6, 6.07) is 65.2. The number of rotatable bonds is 21. The van der Waals surface area contributed by atoms with Crippen LogP contribution in [0.4, 0.5) is 11.4 Å². The van der Waals surface area contributed by atoms with Gasteiger partial charge in [-0.25, -0.2) is 34.3 Å². The minimum absolute atomic E-state index is 0. The average molecular weight is 1630 g/mol. The third-order valence-electron chi connectivity index (χ3n) is 12.8. The van der Waals surface area contributed by atoms with Gasteiger partial charge in [-0.05, 0) is 186 Å². The van der Waals surface area contributed by atoms with Crippen LogP contribution in [-0.4, -0.2) is 69.5 Å². The molecule has 25 heteroatoms. The molecule has 10 rings (SSSR count). The first-order valence-electron chi connectivity index (χ1n) is 32.3. The van der Waals surface area contributed by atoms with Crippen LogP contribution in [0.3, 0.4) is 0 Å². The van der Waals surface area contributed by atoms with Crippen molar-refractivity contribution in [3.63, 3.8) is 0 Å². The molecule has 113 heavy (non-hydrogen) atoms. The Morgan fingerprint density at radius 1 is 0.496 bits per heavy atom. The number of nitrogens with zero attached hydrogens (tertiary/aromatic N) is 6. The van der Waals surface area contributed by atoms with Crippen LogP contribution in [0.1, 0.15) is 36.6 Å². The SMILES string of the molecule is C.C#CC#CC#CC#CC#CC.C#CC#CC#CC#CC#C[CH2-].CS(=O)(=O)c1nc2cc(OCc3ccccc3)ccc2nc1Cl.CS/C(=C\[N+](=O)[O-])Nc1cccc(OCc2ccccc2)c1.CSC(=C[N+](=O)[O-])SC.CSc1nc2cc(OCc3ccccc3)ccc2nc1Cl.Nc1cccc(OCc2ccccc2)c1. The van der Waals surface area contributed by atoms with Gasteiger partial charge < -0.3 is 30.0 Å². The van der Waals surface area contributed by atoms with Crippen molar-refractivity contribution in [2.24, 2.45) is 0 Å². The van der Waals surface area contributed by atoms with Gasteiger partial charge >= 0.3 is 0 Å². The maximum absolute atomic E-state index is 11.7. The van der Waals surface area contributed by atoms with Crippen LogP contribution in [0.15, 0.2) is 238 Å².